The van der Waals surface area contributed by atoms with Gasteiger partial charge in [0.25, 0.3) is 5.56 Å². The van der Waals surface area contributed by atoms with Crippen molar-refractivity contribution in [3.63, 3.8) is 0 Å². The number of H-pyrrole nitrogens is 1. The molecule has 2 aromatic rings. The highest BCUT2D eigenvalue weighted by Crippen LogP contribution is 2.38. The average molecular weight is 389 g/mol. The molecule has 2 N–H and O–H groups in total. The van der Waals surface area contributed by atoms with Crippen molar-refractivity contribution < 1.29 is 14.3 Å². The molecule has 27 heavy (non-hydrogen) atoms. The zero-order chi connectivity index (χ0) is 19.4. The van der Waals surface area contributed by atoms with Crippen LogP contribution in [0.4, 0.5) is 5.82 Å². The summed E-state index contributed by atoms with van der Waals surface area (Å²) in [7, 11) is 1.56. The van der Waals surface area contributed by atoms with Gasteiger partial charge in [0.05, 0.1) is 19.3 Å². The monoisotopic (exact) mass is 389 g/mol. The fourth-order valence-corrected chi connectivity index (χ4v) is 3.80. The zero-order valence-corrected chi connectivity index (χ0v) is 16.4. The molecule has 0 bridgehead atoms. The molecule has 0 radical (unpaired) electrons. The van der Waals surface area contributed by atoms with E-state index in [-0.39, 0.29) is 23.8 Å². The number of carbonyl (C=O) groups is 1. The van der Waals surface area contributed by atoms with Gasteiger partial charge in [-0.2, -0.15) is 0 Å². The van der Waals surface area contributed by atoms with Crippen LogP contribution in [-0.2, 0) is 4.79 Å². The van der Waals surface area contributed by atoms with Crippen LogP contribution in [0.2, 0.25) is 0 Å². The molecule has 1 atom stereocenters. The van der Waals surface area contributed by atoms with Gasteiger partial charge < -0.3 is 19.8 Å². The van der Waals surface area contributed by atoms with Crippen molar-refractivity contribution in [2.75, 3.05) is 24.8 Å². The lowest BCUT2D eigenvalue weighted by atomic mass is 9.86. The van der Waals surface area contributed by atoms with Crippen LogP contribution in [-0.4, -0.2) is 35.3 Å². The molecule has 7 nitrogen and oxygen atoms in total. The van der Waals surface area contributed by atoms with Crippen LogP contribution in [0.5, 0.6) is 11.5 Å². The molecule has 0 spiro atoms. The van der Waals surface area contributed by atoms with Gasteiger partial charge in [-0.1, -0.05) is 24.8 Å². The Morgan fingerprint density at radius 2 is 2.07 bits per heavy atom. The smallest absolute Gasteiger partial charge is 0.257 e. The quantitative estimate of drug-likeness (QED) is 0.558. The summed E-state index contributed by atoms with van der Waals surface area (Å²) in [6.45, 7) is 4.47. The van der Waals surface area contributed by atoms with E-state index in [1.54, 1.807) is 13.2 Å². The van der Waals surface area contributed by atoms with Gasteiger partial charge in [0.1, 0.15) is 5.82 Å². The maximum absolute atomic E-state index is 12.7. The number of thioether (sulfide) groups is 1. The van der Waals surface area contributed by atoms with E-state index in [4.69, 9.17) is 9.47 Å². The van der Waals surface area contributed by atoms with Crippen molar-refractivity contribution in [3.8, 4) is 11.5 Å². The van der Waals surface area contributed by atoms with Crippen molar-refractivity contribution >= 4 is 23.5 Å². The molecule has 1 aromatic heterocycles. The number of fused-ring (bicyclic) bond motifs is 1. The second-order valence-electron chi connectivity index (χ2n) is 6.13. The number of nitrogens with one attached hydrogen (secondary N) is 2. The molecule has 144 valence electrons. The summed E-state index contributed by atoms with van der Waals surface area (Å²) < 4.78 is 11.0. The van der Waals surface area contributed by atoms with Gasteiger partial charge in [-0.05, 0) is 31.0 Å². The first-order valence-electron chi connectivity index (χ1n) is 8.94. The third kappa shape index (κ3) is 4.10. The molecule has 1 aliphatic heterocycles. The van der Waals surface area contributed by atoms with E-state index in [1.165, 1.54) is 11.8 Å². The molecule has 8 heteroatoms. The number of nitrogens with zero attached hydrogens (tertiary/aromatic N) is 1. The van der Waals surface area contributed by atoms with E-state index in [9.17, 15) is 9.59 Å². The molecular weight excluding hydrogens is 366 g/mol. The number of amides is 1. The topological polar surface area (TPSA) is 93.3 Å². The van der Waals surface area contributed by atoms with Gasteiger partial charge in [0, 0.05) is 18.1 Å². The van der Waals surface area contributed by atoms with Crippen LogP contribution in [0.3, 0.4) is 0 Å². The Bertz CT molecular complexity index is 897. The molecule has 0 aliphatic carbocycles. The molecule has 0 saturated carbocycles. The average Bonchev–Trinajstić information content (AvgIpc) is 2.66. The molecule has 0 unspecified atom stereocenters. The highest BCUT2D eigenvalue weighted by molar-refractivity contribution is 7.99. The Balaban J connectivity index is 2.04. The number of aromatic amines is 1. The Morgan fingerprint density at radius 1 is 1.26 bits per heavy atom. The molecule has 1 amide bonds. The summed E-state index contributed by atoms with van der Waals surface area (Å²) >= 11 is 1.46. The number of anilines is 1. The fourth-order valence-electron chi connectivity index (χ4n) is 3.08. The van der Waals surface area contributed by atoms with E-state index in [1.807, 2.05) is 19.1 Å². The maximum Gasteiger partial charge on any atom is 0.257 e. The van der Waals surface area contributed by atoms with Gasteiger partial charge in [0.15, 0.2) is 16.7 Å². The van der Waals surface area contributed by atoms with Gasteiger partial charge >= 0.3 is 0 Å². The lowest BCUT2D eigenvalue weighted by Gasteiger charge is -2.25. The zero-order valence-electron chi connectivity index (χ0n) is 15.6. The normalized spacial score (nSPS) is 15.8. The Hall–Kier alpha value is -2.48. The number of hydrogen-bond acceptors (Lipinski definition) is 6. The number of aromatic nitrogens is 2. The first-order valence-corrected chi connectivity index (χ1v) is 9.93. The lowest BCUT2D eigenvalue weighted by molar-refractivity contribution is -0.116. The van der Waals surface area contributed by atoms with Crippen molar-refractivity contribution in [1.29, 1.82) is 0 Å². The largest absolute Gasteiger partial charge is 0.493 e. The van der Waals surface area contributed by atoms with Crippen LogP contribution in [0.15, 0.2) is 28.2 Å². The standard InChI is InChI=1S/C19H23N3O4S/c1-4-8-27-19-21-17-16(18(24)22-19)12(10-15(23)20-17)11-6-7-13(26-5-2)14(9-11)25-3/h6-7,9,12H,4-5,8,10H2,1-3H3,(H2,20,21,22,23,24)/t12-/m1/s1. The van der Waals surface area contributed by atoms with E-state index < -0.39 is 0 Å². The second-order valence-corrected chi connectivity index (χ2v) is 7.21. The minimum absolute atomic E-state index is 0.162. The molecule has 1 aromatic carbocycles. The van der Waals surface area contributed by atoms with E-state index in [0.29, 0.717) is 34.6 Å². The number of methoxy groups -OCH3 is 1. The Kier molecular flexibility index (Phi) is 6.05. The molecule has 0 saturated heterocycles. The summed E-state index contributed by atoms with van der Waals surface area (Å²) in [5.41, 5.74) is 1.06. The number of benzene rings is 1. The number of carbonyl (C=O) groups excluding carboxylic acids is 1. The fraction of sp³-hybridized carbons (Fsp3) is 0.421. The Morgan fingerprint density at radius 3 is 2.78 bits per heavy atom. The molecule has 3 rings (SSSR count). The van der Waals surface area contributed by atoms with Crippen LogP contribution in [0.1, 0.15) is 43.7 Å². The summed E-state index contributed by atoms with van der Waals surface area (Å²) in [5.74, 6) is 1.83. The first kappa shape index (κ1) is 19.3. The summed E-state index contributed by atoms with van der Waals surface area (Å²) in [6.07, 6.45) is 1.14. The van der Waals surface area contributed by atoms with Gasteiger partial charge in [-0.25, -0.2) is 4.98 Å². The minimum atomic E-state index is -0.389. The number of rotatable bonds is 7. The third-order valence-electron chi connectivity index (χ3n) is 4.26. The van der Waals surface area contributed by atoms with Gasteiger partial charge in [-0.3, -0.25) is 9.59 Å². The maximum atomic E-state index is 12.7. The third-order valence-corrected chi connectivity index (χ3v) is 5.34. The van der Waals surface area contributed by atoms with Crippen LogP contribution in [0, 0.1) is 0 Å². The van der Waals surface area contributed by atoms with Crippen molar-refractivity contribution in [2.45, 2.75) is 37.8 Å². The molecule has 1 aliphatic rings. The van der Waals surface area contributed by atoms with Crippen LogP contribution >= 0.6 is 11.8 Å². The number of ether oxygens (including phenoxy) is 2. The van der Waals surface area contributed by atoms with Gasteiger partial charge in [0.2, 0.25) is 5.91 Å². The Labute approximate surface area is 161 Å². The lowest BCUT2D eigenvalue weighted by Crippen LogP contribution is -2.31. The van der Waals surface area contributed by atoms with Crippen LogP contribution in [0.25, 0.3) is 0 Å². The molecular formula is C19H23N3O4S. The predicted octanol–water partition coefficient (Wildman–Crippen LogP) is 3.15. The second kappa shape index (κ2) is 8.47. The molecule has 0 fully saturated rings. The van der Waals surface area contributed by atoms with Crippen molar-refractivity contribution in [3.05, 3.63) is 39.7 Å². The highest BCUT2D eigenvalue weighted by Gasteiger charge is 2.31. The van der Waals surface area contributed by atoms with E-state index in [0.717, 1.165) is 17.7 Å². The first-order chi connectivity index (χ1) is 13.1. The van der Waals surface area contributed by atoms with E-state index >= 15 is 0 Å². The minimum Gasteiger partial charge on any atom is -0.493 e. The summed E-state index contributed by atoms with van der Waals surface area (Å²) in [4.78, 5) is 32.3. The number of hydrogen-bond donors (Lipinski definition) is 2. The SMILES string of the molecule is CCCSc1nc2c(c(=O)[nH]1)[C@@H](c1ccc(OCC)c(OC)c1)CC(=O)N2. The summed E-state index contributed by atoms with van der Waals surface area (Å²) in [5, 5.41) is 3.26. The highest BCUT2D eigenvalue weighted by atomic mass is 32.2. The summed E-state index contributed by atoms with van der Waals surface area (Å²) in [6, 6.07) is 5.48. The van der Waals surface area contributed by atoms with E-state index in [2.05, 4.69) is 22.2 Å². The molecule has 2 heterocycles. The van der Waals surface area contributed by atoms with Crippen molar-refractivity contribution in [2.24, 2.45) is 0 Å². The van der Waals surface area contributed by atoms with Crippen molar-refractivity contribution in [1.82, 2.24) is 9.97 Å². The van der Waals surface area contributed by atoms with Crippen LogP contribution < -0.4 is 20.3 Å². The predicted molar refractivity (Wildman–Crippen MR) is 105 cm³/mol. The van der Waals surface area contributed by atoms with Gasteiger partial charge in [-0.15, -0.1) is 0 Å².